The number of hydrogen-bond acceptors (Lipinski definition) is 3. The summed E-state index contributed by atoms with van der Waals surface area (Å²) in [6, 6.07) is 10.2. The molecule has 0 saturated carbocycles. The molecular formula is C13H7FN4. The predicted octanol–water partition coefficient (Wildman–Crippen LogP) is 2.57. The number of halogens is 1. The van der Waals surface area contributed by atoms with Gasteiger partial charge in [-0.3, -0.25) is 4.40 Å². The minimum Gasteiger partial charge on any atom is -0.283 e. The Kier molecular flexibility index (Phi) is 1.70. The van der Waals surface area contributed by atoms with Crippen LogP contribution in [0.1, 0.15) is 0 Å². The van der Waals surface area contributed by atoms with Gasteiger partial charge in [-0.15, -0.1) is 10.2 Å². The van der Waals surface area contributed by atoms with Crippen LogP contribution < -0.4 is 0 Å². The van der Waals surface area contributed by atoms with E-state index in [-0.39, 0.29) is 5.82 Å². The van der Waals surface area contributed by atoms with E-state index in [9.17, 15) is 4.39 Å². The molecule has 0 aliphatic rings. The SMILES string of the molecule is Fc1ccc2c(c1)nnc1c2nc2ccccn21. The van der Waals surface area contributed by atoms with Gasteiger partial charge in [0.1, 0.15) is 17.0 Å². The minimum atomic E-state index is -0.320. The molecule has 5 heteroatoms. The zero-order valence-corrected chi connectivity index (χ0v) is 9.21. The maximum atomic E-state index is 13.1. The van der Waals surface area contributed by atoms with E-state index in [1.807, 2.05) is 28.8 Å². The van der Waals surface area contributed by atoms with Gasteiger partial charge in [-0.1, -0.05) is 6.07 Å². The van der Waals surface area contributed by atoms with E-state index in [0.29, 0.717) is 11.2 Å². The van der Waals surface area contributed by atoms with Gasteiger partial charge < -0.3 is 0 Å². The van der Waals surface area contributed by atoms with Crippen molar-refractivity contribution in [1.29, 1.82) is 0 Å². The Balaban J connectivity index is 2.28. The van der Waals surface area contributed by atoms with E-state index < -0.39 is 0 Å². The fraction of sp³-hybridized carbons (Fsp3) is 0. The minimum absolute atomic E-state index is 0.320. The molecule has 3 aromatic heterocycles. The molecule has 18 heavy (non-hydrogen) atoms. The Hall–Kier alpha value is -2.56. The molecule has 0 atom stereocenters. The van der Waals surface area contributed by atoms with Crippen LogP contribution in [0.2, 0.25) is 0 Å². The molecule has 86 valence electrons. The van der Waals surface area contributed by atoms with Gasteiger partial charge in [0.25, 0.3) is 0 Å². The molecule has 4 rings (SSSR count). The number of imidazole rings is 1. The lowest BCUT2D eigenvalue weighted by Crippen LogP contribution is -1.90. The maximum Gasteiger partial charge on any atom is 0.187 e. The number of pyridine rings is 1. The summed E-state index contributed by atoms with van der Waals surface area (Å²) in [5, 5.41) is 8.97. The molecule has 0 bridgehead atoms. The monoisotopic (exact) mass is 238 g/mol. The Bertz CT molecular complexity index is 897. The van der Waals surface area contributed by atoms with E-state index in [4.69, 9.17) is 0 Å². The Morgan fingerprint density at radius 2 is 2.00 bits per heavy atom. The number of fused-ring (bicyclic) bond motifs is 5. The predicted molar refractivity (Wildman–Crippen MR) is 65.8 cm³/mol. The van der Waals surface area contributed by atoms with Crippen molar-refractivity contribution in [2.24, 2.45) is 0 Å². The molecule has 0 unspecified atom stereocenters. The van der Waals surface area contributed by atoms with E-state index in [2.05, 4.69) is 15.2 Å². The average Bonchev–Trinajstić information content (AvgIpc) is 2.77. The Morgan fingerprint density at radius 1 is 1.06 bits per heavy atom. The quantitative estimate of drug-likeness (QED) is 0.473. The molecule has 0 aliphatic heterocycles. The van der Waals surface area contributed by atoms with Crippen molar-refractivity contribution < 1.29 is 4.39 Å². The highest BCUT2D eigenvalue weighted by Crippen LogP contribution is 2.22. The second kappa shape index (κ2) is 3.22. The topological polar surface area (TPSA) is 43.1 Å². The summed E-state index contributed by atoms with van der Waals surface area (Å²) in [7, 11) is 0. The van der Waals surface area contributed by atoms with Crippen LogP contribution in [0.25, 0.3) is 27.7 Å². The van der Waals surface area contributed by atoms with Gasteiger partial charge in [0.15, 0.2) is 5.65 Å². The molecule has 0 amide bonds. The maximum absolute atomic E-state index is 13.1. The summed E-state index contributed by atoms with van der Waals surface area (Å²) in [6.45, 7) is 0. The van der Waals surface area contributed by atoms with Gasteiger partial charge in [0.05, 0.1) is 5.52 Å². The molecule has 1 aromatic carbocycles. The van der Waals surface area contributed by atoms with Gasteiger partial charge in [-0.2, -0.15) is 0 Å². The molecule has 0 spiro atoms. The first-order valence-corrected chi connectivity index (χ1v) is 5.52. The normalized spacial score (nSPS) is 11.6. The zero-order chi connectivity index (χ0) is 12.1. The van der Waals surface area contributed by atoms with Crippen molar-refractivity contribution in [1.82, 2.24) is 19.6 Å². The third kappa shape index (κ3) is 1.15. The molecular weight excluding hydrogens is 231 g/mol. The first-order chi connectivity index (χ1) is 8.83. The van der Waals surface area contributed by atoms with E-state index in [1.165, 1.54) is 12.1 Å². The first kappa shape index (κ1) is 9.47. The van der Waals surface area contributed by atoms with Crippen LogP contribution in [-0.2, 0) is 0 Å². The van der Waals surface area contributed by atoms with Gasteiger partial charge in [-0.05, 0) is 24.3 Å². The van der Waals surface area contributed by atoms with Crippen molar-refractivity contribution in [3.05, 3.63) is 48.4 Å². The second-order valence-electron chi connectivity index (χ2n) is 4.07. The third-order valence-corrected chi connectivity index (χ3v) is 2.97. The summed E-state index contributed by atoms with van der Waals surface area (Å²) in [5.41, 5.74) is 2.75. The average molecular weight is 238 g/mol. The van der Waals surface area contributed by atoms with Gasteiger partial charge in [0.2, 0.25) is 0 Å². The zero-order valence-electron chi connectivity index (χ0n) is 9.21. The fourth-order valence-corrected chi connectivity index (χ4v) is 2.15. The highest BCUT2D eigenvalue weighted by Gasteiger charge is 2.10. The highest BCUT2D eigenvalue weighted by molar-refractivity contribution is 6.01. The van der Waals surface area contributed by atoms with Crippen LogP contribution in [0.3, 0.4) is 0 Å². The van der Waals surface area contributed by atoms with Crippen molar-refractivity contribution in [2.45, 2.75) is 0 Å². The third-order valence-electron chi connectivity index (χ3n) is 2.97. The highest BCUT2D eigenvalue weighted by atomic mass is 19.1. The van der Waals surface area contributed by atoms with Crippen LogP contribution >= 0.6 is 0 Å². The van der Waals surface area contributed by atoms with E-state index in [0.717, 1.165) is 16.6 Å². The lowest BCUT2D eigenvalue weighted by Gasteiger charge is -1.97. The summed E-state index contributed by atoms with van der Waals surface area (Å²) in [4.78, 5) is 4.51. The van der Waals surface area contributed by atoms with Crippen molar-refractivity contribution in [3.8, 4) is 0 Å². The van der Waals surface area contributed by atoms with Crippen LogP contribution in [0.15, 0.2) is 42.6 Å². The van der Waals surface area contributed by atoms with Crippen LogP contribution in [0, 0.1) is 5.82 Å². The molecule has 4 nitrogen and oxygen atoms in total. The molecule has 0 saturated heterocycles. The summed E-state index contributed by atoms with van der Waals surface area (Å²) < 4.78 is 15.0. The molecule has 0 N–H and O–H groups in total. The smallest absolute Gasteiger partial charge is 0.187 e. The molecule has 0 fully saturated rings. The molecule has 0 aliphatic carbocycles. The van der Waals surface area contributed by atoms with Gasteiger partial charge >= 0.3 is 0 Å². The summed E-state index contributed by atoms with van der Waals surface area (Å²) in [5.74, 6) is -0.320. The largest absolute Gasteiger partial charge is 0.283 e. The number of nitrogens with zero attached hydrogens (tertiary/aromatic N) is 4. The van der Waals surface area contributed by atoms with Gasteiger partial charge in [0, 0.05) is 17.6 Å². The fourth-order valence-electron chi connectivity index (χ4n) is 2.15. The Morgan fingerprint density at radius 3 is 2.94 bits per heavy atom. The molecule has 4 aromatic rings. The lowest BCUT2D eigenvalue weighted by molar-refractivity contribution is 0.629. The van der Waals surface area contributed by atoms with Crippen LogP contribution in [0.4, 0.5) is 4.39 Å². The lowest BCUT2D eigenvalue weighted by atomic mass is 10.2. The number of rotatable bonds is 0. The second-order valence-corrected chi connectivity index (χ2v) is 4.07. The van der Waals surface area contributed by atoms with Gasteiger partial charge in [-0.25, -0.2) is 9.37 Å². The summed E-state index contributed by atoms with van der Waals surface area (Å²) >= 11 is 0. The van der Waals surface area contributed by atoms with E-state index >= 15 is 0 Å². The number of benzene rings is 1. The van der Waals surface area contributed by atoms with Crippen LogP contribution in [-0.4, -0.2) is 19.6 Å². The van der Waals surface area contributed by atoms with Crippen molar-refractivity contribution in [3.63, 3.8) is 0 Å². The van der Waals surface area contributed by atoms with Crippen molar-refractivity contribution >= 4 is 27.7 Å². The van der Waals surface area contributed by atoms with Crippen LogP contribution in [0.5, 0.6) is 0 Å². The number of aromatic nitrogens is 4. The first-order valence-electron chi connectivity index (χ1n) is 5.52. The Labute approximate surface area is 101 Å². The standard InChI is InChI=1S/C13H7FN4/c14-8-4-5-9-10(7-8)16-17-13-12(9)15-11-3-1-2-6-18(11)13/h1-7H. The van der Waals surface area contributed by atoms with Crippen molar-refractivity contribution in [2.75, 3.05) is 0 Å². The van der Waals surface area contributed by atoms with E-state index in [1.54, 1.807) is 6.07 Å². The number of hydrogen-bond donors (Lipinski definition) is 0. The molecule has 3 heterocycles. The molecule has 0 radical (unpaired) electrons. The summed E-state index contributed by atoms with van der Waals surface area (Å²) in [6.07, 6.45) is 1.88.